The Morgan fingerprint density at radius 3 is 2.04 bits per heavy atom. The molecule has 2 fully saturated rings. The Labute approximate surface area is 145 Å². The summed E-state index contributed by atoms with van der Waals surface area (Å²) < 4.78 is 15.1. The van der Waals surface area contributed by atoms with E-state index < -0.39 is 0 Å². The lowest BCUT2D eigenvalue weighted by Gasteiger charge is -2.05. The molecule has 2 heterocycles. The van der Waals surface area contributed by atoms with Gasteiger partial charge in [0, 0.05) is 5.39 Å². The summed E-state index contributed by atoms with van der Waals surface area (Å²) in [5.41, 5.74) is 0. The molecule has 2 saturated heterocycles. The second-order valence-electron chi connectivity index (χ2n) is 6.30. The highest BCUT2D eigenvalue weighted by molar-refractivity contribution is 6.01. The molecule has 2 atom stereocenters. The fourth-order valence-corrected chi connectivity index (χ4v) is 2.65. The number of epoxide rings is 2. The van der Waals surface area contributed by atoms with Crippen molar-refractivity contribution in [1.82, 2.24) is 0 Å². The summed E-state index contributed by atoms with van der Waals surface area (Å²) in [5, 5.41) is 23.0. The van der Waals surface area contributed by atoms with Crippen molar-refractivity contribution >= 4 is 21.5 Å². The van der Waals surface area contributed by atoms with Gasteiger partial charge in [-0.1, -0.05) is 30.3 Å². The van der Waals surface area contributed by atoms with Crippen molar-refractivity contribution in [3.05, 3.63) is 48.5 Å². The van der Waals surface area contributed by atoms with E-state index >= 15 is 0 Å². The van der Waals surface area contributed by atoms with Crippen LogP contribution in [0.2, 0.25) is 0 Å². The van der Waals surface area contributed by atoms with Gasteiger partial charge in [0.25, 0.3) is 0 Å². The maximum Gasteiger partial charge on any atom is 0.165 e. The molecule has 2 N–H and O–H groups in total. The van der Waals surface area contributed by atoms with Crippen LogP contribution in [0.15, 0.2) is 48.5 Å². The number of fused-ring (bicyclic) bond motifs is 2. The molecule has 2 aliphatic heterocycles. The van der Waals surface area contributed by atoms with E-state index in [9.17, 15) is 10.2 Å². The fraction of sp³-hybridized carbons (Fsp3) is 0.300. The lowest BCUT2D eigenvalue weighted by Crippen LogP contribution is -2.06. The maximum atomic E-state index is 9.77. The summed E-state index contributed by atoms with van der Waals surface area (Å²) in [6.07, 6.45) is 0.785. The monoisotopic (exact) mass is 340 g/mol. The van der Waals surface area contributed by atoms with E-state index in [1.165, 1.54) is 6.07 Å². The summed E-state index contributed by atoms with van der Waals surface area (Å²) in [6.45, 7) is 3.26. The average Bonchev–Trinajstić information content (AvgIpc) is 3.53. The van der Waals surface area contributed by atoms with Crippen LogP contribution in [0.25, 0.3) is 21.5 Å². The molecular formula is C20H20O5. The van der Waals surface area contributed by atoms with Crippen LogP contribution in [0.5, 0.6) is 11.5 Å². The Morgan fingerprint density at radius 2 is 1.44 bits per heavy atom. The number of phenols is 2. The van der Waals surface area contributed by atoms with Crippen molar-refractivity contribution in [3.8, 4) is 11.5 Å². The normalized spacial score (nSPS) is 21.0. The van der Waals surface area contributed by atoms with E-state index in [0.717, 1.165) is 42.6 Å². The van der Waals surface area contributed by atoms with E-state index in [0.29, 0.717) is 17.6 Å². The van der Waals surface area contributed by atoms with Crippen LogP contribution in [0.3, 0.4) is 0 Å². The Kier molecular flexibility index (Phi) is 4.44. The van der Waals surface area contributed by atoms with Crippen LogP contribution in [-0.4, -0.2) is 48.8 Å². The molecule has 2 aliphatic rings. The third kappa shape index (κ3) is 4.02. The largest absolute Gasteiger partial charge is 0.504 e. The van der Waals surface area contributed by atoms with Crippen molar-refractivity contribution in [3.63, 3.8) is 0 Å². The first kappa shape index (κ1) is 16.1. The molecule has 5 rings (SSSR count). The standard InChI is InChI=1S/C14H10O2.C6H10O3/c15-13-6-5-11-7-9-3-1-2-4-10(9)8-12(11)14(13)16;1(5-3-8-5)7-2-6-4-9-6/h1-8,15-16H;5-6H,1-4H2. The Morgan fingerprint density at radius 1 is 0.840 bits per heavy atom. The summed E-state index contributed by atoms with van der Waals surface area (Å²) in [5.74, 6) is -0.133. The second-order valence-corrected chi connectivity index (χ2v) is 6.30. The van der Waals surface area contributed by atoms with Crippen molar-refractivity contribution in [2.24, 2.45) is 0 Å². The van der Waals surface area contributed by atoms with E-state index in [-0.39, 0.29) is 11.5 Å². The summed E-state index contributed by atoms with van der Waals surface area (Å²) in [4.78, 5) is 0. The molecule has 0 aromatic heterocycles. The molecule has 0 aliphatic carbocycles. The first-order valence-electron chi connectivity index (χ1n) is 8.35. The van der Waals surface area contributed by atoms with Gasteiger partial charge < -0.3 is 24.4 Å². The zero-order chi connectivity index (χ0) is 17.2. The van der Waals surface area contributed by atoms with Crippen molar-refractivity contribution in [1.29, 1.82) is 0 Å². The number of hydrogen-bond acceptors (Lipinski definition) is 5. The molecular weight excluding hydrogens is 320 g/mol. The van der Waals surface area contributed by atoms with Crippen LogP contribution >= 0.6 is 0 Å². The lowest BCUT2D eigenvalue weighted by atomic mass is 10.0. The molecule has 0 radical (unpaired) electrons. The Bertz CT molecular complexity index is 872. The summed E-state index contributed by atoms with van der Waals surface area (Å²) in [6, 6.07) is 15.1. The molecule has 0 bridgehead atoms. The number of phenolic OH excluding ortho intramolecular Hbond substituents is 2. The Balaban J connectivity index is 0.000000147. The van der Waals surface area contributed by atoms with E-state index in [1.54, 1.807) is 6.07 Å². The SMILES string of the molecule is C(OCC1CO1)C1CO1.Oc1ccc2cc3ccccc3cc2c1O. The van der Waals surface area contributed by atoms with E-state index in [2.05, 4.69) is 0 Å². The minimum Gasteiger partial charge on any atom is -0.504 e. The zero-order valence-corrected chi connectivity index (χ0v) is 13.7. The van der Waals surface area contributed by atoms with Gasteiger partial charge >= 0.3 is 0 Å². The number of hydrogen-bond donors (Lipinski definition) is 2. The van der Waals surface area contributed by atoms with E-state index in [4.69, 9.17) is 14.2 Å². The number of rotatable bonds is 4. The molecule has 5 heteroatoms. The van der Waals surface area contributed by atoms with Crippen molar-refractivity contribution < 1.29 is 24.4 Å². The molecule has 0 amide bonds. The van der Waals surface area contributed by atoms with Gasteiger partial charge in [0.1, 0.15) is 12.2 Å². The third-order valence-electron chi connectivity index (χ3n) is 4.25. The van der Waals surface area contributed by atoms with Gasteiger partial charge in [0.05, 0.1) is 26.4 Å². The topological polar surface area (TPSA) is 74.8 Å². The van der Waals surface area contributed by atoms with Crippen LogP contribution in [0, 0.1) is 0 Å². The van der Waals surface area contributed by atoms with Crippen LogP contribution in [0.1, 0.15) is 0 Å². The van der Waals surface area contributed by atoms with Crippen LogP contribution in [-0.2, 0) is 14.2 Å². The van der Waals surface area contributed by atoms with Crippen LogP contribution in [0.4, 0.5) is 0 Å². The maximum absolute atomic E-state index is 9.77. The quantitative estimate of drug-likeness (QED) is 0.433. The third-order valence-corrected chi connectivity index (χ3v) is 4.25. The van der Waals surface area contributed by atoms with Gasteiger partial charge in [-0.3, -0.25) is 0 Å². The predicted octanol–water partition coefficient (Wildman–Crippen LogP) is 3.20. The number of aromatic hydroxyl groups is 2. The molecule has 25 heavy (non-hydrogen) atoms. The number of benzene rings is 3. The fourth-order valence-electron chi connectivity index (χ4n) is 2.65. The minimum atomic E-state index is -0.0808. The highest BCUT2D eigenvalue weighted by atomic mass is 16.6. The number of ether oxygens (including phenoxy) is 3. The van der Waals surface area contributed by atoms with Gasteiger partial charge in [-0.15, -0.1) is 0 Å². The molecule has 2 unspecified atom stereocenters. The second kappa shape index (κ2) is 6.88. The highest BCUT2D eigenvalue weighted by Gasteiger charge is 2.26. The van der Waals surface area contributed by atoms with E-state index in [1.807, 2.05) is 36.4 Å². The molecule has 5 nitrogen and oxygen atoms in total. The Hall–Kier alpha value is -2.34. The summed E-state index contributed by atoms with van der Waals surface area (Å²) >= 11 is 0. The van der Waals surface area contributed by atoms with Gasteiger partial charge in [-0.05, 0) is 34.4 Å². The molecule has 0 saturated carbocycles. The molecule has 3 aromatic carbocycles. The molecule has 130 valence electrons. The van der Waals surface area contributed by atoms with Gasteiger partial charge in [-0.25, -0.2) is 0 Å². The van der Waals surface area contributed by atoms with Gasteiger partial charge in [0.15, 0.2) is 11.5 Å². The minimum absolute atomic E-state index is 0.0525. The zero-order valence-electron chi connectivity index (χ0n) is 13.7. The molecule has 3 aromatic rings. The van der Waals surface area contributed by atoms with Crippen molar-refractivity contribution in [2.75, 3.05) is 26.4 Å². The van der Waals surface area contributed by atoms with Crippen molar-refractivity contribution in [2.45, 2.75) is 12.2 Å². The smallest absolute Gasteiger partial charge is 0.165 e. The molecule has 0 spiro atoms. The lowest BCUT2D eigenvalue weighted by molar-refractivity contribution is 0.102. The van der Waals surface area contributed by atoms with Crippen LogP contribution < -0.4 is 0 Å². The first-order valence-corrected chi connectivity index (χ1v) is 8.35. The van der Waals surface area contributed by atoms with Gasteiger partial charge in [0.2, 0.25) is 0 Å². The van der Waals surface area contributed by atoms with Gasteiger partial charge in [-0.2, -0.15) is 0 Å². The average molecular weight is 340 g/mol. The highest BCUT2D eigenvalue weighted by Crippen LogP contribution is 2.35. The first-order chi connectivity index (χ1) is 12.2. The summed E-state index contributed by atoms with van der Waals surface area (Å²) in [7, 11) is 0. The predicted molar refractivity (Wildman–Crippen MR) is 95.1 cm³/mol.